The van der Waals surface area contributed by atoms with Gasteiger partial charge in [-0.15, -0.1) is 0 Å². The van der Waals surface area contributed by atoms with E-state index in [1.807, 2.05) is 6.92 Å². The molecule has 1 aromatic heterocycles. The Labute approximate surface area is 86.8 Å². The number of hydrogen-bond acceptors (Lipinski definition) is 2. The van der Waals surface area contributed by atoms with Gasteiger partial charge >= 0.3 is 0 Å². The number of aliphatic hydroxyl groups is 1. The van der Waals surface area contributed by atoms with Gasteiger partial charge in [0.25, 0.3) is 0 Å². The number of aliphatic hydroxyl groups excluding tert-OH is 1. The molecule has 0 amide bonds. The predicted octanol–water partition coefficient (Wildman–Crippen LogP) is 1.81. The molecular weight excluding hydrogens is 195 g/mol. The molecule has 0 saturated heterocycles. The number of rotatable bonds is 2. The van der Waals surface area contributed by atoms with Gasteiger partial charge in [-0.05, 0) is 30.7 Å². The molecular formula is C11H11FN2O. The van der Waals surface area contributed by atoms with Gasteiger partial charge < -0.3 is 5.11 Å². The number of aryl methyl sites for hydroxylation is 1. The Morgan fingerprint density at radius 2 is 2.20 bits per heavy atom. The van der Waals surface area contributed by atoms with E-state index in [9.17, 15) is 4.39 Å². The van der Waals surface area contributed by atoms with E-state index in [0.29, 0.717) is 11.4 Å². The third-order valence-corrected chi connectivity index (χ3v) is 2.28. The third kappa shape index (κ3) is 1.76. The summed E-state index contributed by atoms with van der Waals surface area (Å²) in [5.74, 6) is -0.310. The van der Waals surface area contributed by atoms with Crippen molar-refractivity contribution < 1.29 is 9.50 Å². The maximum absolute atomic E-state index is 13.1. The highest BCUT2D eigenvalue weighted by Crippen LogP contribution is 2.16. The first-order valence-electron chi connectivity index (χ1n) is 4.62. The summed E-state index contributed by atoms with van der Waals surface area (Å²) in [5, 5.41) is 13.1. The van der Waals surface area contributed by atoms with Crippen molar-refractivity contribution in [1.82, 2.24) is 9.78 Å². The first-order chi connectivity index (χ1) is 7.22. The van der Waals surface area contributed by atoms with Gasteiger partial charge in [-0.3, -0.25) is 0 Å². The van der Waals surface area contributed by atoms with Crippen LogP contribution >= 0.6 is 0 Å². The first kappa shape index (κ1) is 9.86. The largest absolute Gasteiger partial charge is 0.390 e. The predicted molar refractivity (Wildman–Crippen MR) is 54.2 cm³/mol. The van der Waals surface area contributed by atoms with E-state index in [0.717, 1.165) is 5.56 Å². The second-order valence-electron chi connectivity index (χ2n) is 3.32. The number of nitrogens with zero attached hydrogens (tertiary/aromatic N) is 2. The van der Waals surface area contributed by atoms with Crippen LogP contribution in [-0.2, 0) is 6.61 Å². The Morgan fingerprint density at radius 3 is 2.93 bits per heavy atom. The van der Waals surface area contributed by atoms with E-state index in [1.165, 1.54) is 12.1 Å². The molecule has 0 radical (unpaired) electrons. The second-order valence-corrected chi connectivity index (χ2v) is 3.32. The zero-order valence-electron chi connectivity index (χ0n) is 8.31. The Bertz CT molecular complexity index is 479. The van der Waals surface area contributed by atoms with Crippen LogP contribution < -0.4 is 0 Å². The summed E-state index contributed by atoms with van der Waals surface area (Å²) in [5.41, 5.74) is 2.21. The van der Waals surface area contributed by atoms with Crippen LogP contribution in [0.15, 0.2) is 30.5 Å². The first-order valence-corrected chi connectivity index (χ1v) is 4.62. The fourth-order valence-electron chi connectivity index (χ4n) is 1.48. The zero-order chi connectivity index (χ0) is 10.8. The van der Waals surface area contributed by atoms with Crippen molar-refractivity contribution in [2.24, 2.45) is 0 Å². The van der Waals surface area contributed by atoms with Crippen molar-refractivity contribution in [3.05, 3.63) is 47.5 Å². The van der Waals surface area contributed by atoms with Gasteiger partial charge in [0, 0.05) is 6.20 Å². The molecule has 0 bridgehead atoms. The van der Waals surface area contributed by atoms with E-state index in [2.05, 4.69) is 5.10 Å². The van der Waals surface area contributed by atoms with Gasteiger partial charge in [-0.2, -0.15) is 5.10 Å². The summed E-state index contributed by atoms with van der Waals surface area (Å²) < 4.78 is 14.6. The topological polar surface area (TPSA) is 38.0 Å². The minimum atomic E-state index is -0.310. The molecule has 1 N–H and O–H groups in total. The monoisotopic (exact) mass is 206 g/mol. The fourth-order valence-corrected chi connectivity index (χ4v) is 1.48. The summed E-state index contributed by atoms with van der Waals surface area (Å²) in [7, 11) is 0. The summed E-state index contributed by atoms with van der Waals surface area (Å²) in [6.45, 7) is 1.76. The van der Waals surface area contributed by atoms with Crippen LogP contribution in [0.25, 0.3) is 5.69 Å². The van der Waals surface area contributed by atoms with E-state index >= 15 is 0 Å². The fraction of sp³-hybridized carbons (Fsp3) is 0.182. The highest BCUT2D eigenvalue weighted by atomic mass is 19.1. The van der Waals surface area contributed by atoms with Crippen LogP contribution in [0.5, 0.6) is 0 Å². The lowest BCUT2D eigenvalue weighted by Gasteiger charge is -2.08. The Hall–Kier alpha value is -1.68. The lowest BCUT2D eigenvalue weighted by atomic mass is 10.2. The van der Waals surface area contributed by atoms with Gasteiger partial charge in [0.1, 0.15) is 5.82 Å². The maximum Gasteiger partial charge on any atom is 0.125 e. The molecule has 0 aliphatic carbocycles. The number of halogens is 1. The molecule has 0 aliphatic heterocycles. The normalized spacial score (nSPS) is 10.6. The average Bonchev–Trinajstić information content (AvgIpc) is 2.69. The molecule has 2 rings (SSSR count). The van der Waals surface area contributed by atoms with Crippen LogP contribution in [0.4, 0.5) is 4.39 Å². The smallest absolute Gasteiger partial charge is 0.125 e. The van der Waals surface area contributed by atoms with E-state index < -0.39 is 0 Å². The van der Waals surface area contributed by atoms with Crippen LogP contribution in [-0.4, -0.2) is 14.9 Å². The average molecular weight is 206 g/mol. The van der Waals surface area contributed by atoms with Crippen molar-refractivity contribution in [1.29, 1.82) is 0 Å². The number of hydrogen-bond donors (Lipinski definition) is 1. The van der Waals surface area contributed by atoms with Gasteiger partial charge in [0.2, 0.25) is 0 Å². The molecule has 0 atom stereocenters. The zero-order valence-corrected chi connectivity index (χ0v) is 8.31. The van der Waals surface area contributed by atoms with Gasteiger partial charge in [0.05, 0.1) is 18.0 Å². The molecule has 0 saturated carbocycles. The standard InChI is InChI=1S/C11H11FN2O/c1-8-2-3-9(12)6-11(8)14-10(7-15)4-5-13-14/h2-6,15H,7H2,1H3. The molecule has 0 fully saturated rings. The maximum atomic E-state index is 13.1. The molecule has 78 valence electrons. The molecule has 15 heavy (non-hydrogen) atoms. The molecule has 1 aromatic carbocycles. The molecule has 4 heteroatoms. The summed E-state index contributed by atoms with van der Waals surface area (Å²) in [6.07, 6.45) is 1.58. The van der Waals surface area contributed by atoms with Crippen LogP contribution in [0.2, 0.25) is 0 Å². The highest BCUT2D eigenvalue weighted by molar-refractivity contribution is 5.40. The summed E-state index contributed by atoms with van der Waals surface area (Å²) in [4.78, 5) is 0. The number of benzene rings is 1. The van der Waals surface area contributed by atoms with Crippen molar-refractivity contribution in [2.45, 2.75) is 13.5 Å². The third-order valence-electron chi connectivity index (χ3n) is 2.28. The van der Waals surface area contributed by atoms with Crippen LogP contribution in [0.3, 0.4) is 0 Å². The molecule has 0 unspecified atom stereocenters. The molecule has 3 nitrogen and oxygen atoms in total. The Morgan fingerprint density at radius 1 is 1.40 bits per heavy atom. The van der Waals surface area contributed by atoms with Crippen molar-refractivity contribution >= 4 is 0 Å². The Kier molecular flexibility index (Phi) is 2.51. The van der Waals surface area contributed by atoms with Crippen molar-refractivity contribution in [3.63, 3.8) is 0 Å². The molecule has 2 aromatic rings. The van der Waals surface area contributed by atoms with Gasteiger partial charge in [-0.1, -0.05) is 6.07 Å². The SMILES string of the molecule is Cc1ccc(F)cc1-n1nccc1CO. The highest BCUT2D eigenvalue weighted by Gasteiger charge is 2.07. The Balaban J connectivity index is 2.58. The van der Waals surface area contributed by atoms with E-state index in [-0.39, 0.29) is 12.4 Å². The molecule has 0 spiro atoms. The van der Waals surface area contributed by atoms with E-state index in [4.69, 9.17) is 5.11 Å². The molecule has 1 heterocycles. The lowest BCUT2D eigenvalue weighted by Crippen LogP contribution is -2.04. The lowest BCUT2D eigenvalue weighted by molar-refractivity contribution is 0.273. The molecule has 0 aliphatic rings. The summed E-state index contributed by atoms with van der Waals surface area (Å²) in [6, 6.07) is 6.19. The van der Waals surface area contributed by atoms with E-state index in [1.54, 1.807) is 23.0 Å². The van der Waals surface area contributed by atoms with Crippen molar-refractivity contribution in [2.75, 3.05) is 0 Å². The van der Waals surface area contributed by atoms with Gasteiger partial charge in [-0.25, -0.2) is 9.07 Å². The minimum Gasteiger partial charge on any atom is -0.390 e. The van der Waals surface area contributed by atoms with Crippen LogP contribution in [0.1, 0.15) is 11.3 Å². The van der Waals surface area contributed by atoms with Crippen molar-refractivity contribution in [3.8, 4) is 5.69 Å². The summed E-state index contributed by atoms with van der Waals surface area (Å²) >= 11 is 0. The minimum absolute atomic E-state index is 0.115. The van der Waals surface area contributed by atoms with Gasteiger partial charge in [0.15, 0.2) is 0 Å². The quantitative estimate of drug-likeness (QED) is 0.813. The van der Waals surface area contributed by atoms with Crippen LogP contribution in [0, 0.1) is 12.7 Å². The number of aromatic nitrogens is 2. The second kappa shape index (κ2) is 3.82.